The number of aromatic amines is 1. The lowest BCUT2D eigenvalue weighted by atomic mass is 10.1. The molecule has 4 N–H and O–H groups in total. The Morgan fingerprint density at radius 2 is 1.82 bits per heavy atom. The van der Waals surface area contributed by atoms with Crippen LogP contribution < -0.4 is 10.1 Å². The molecular formula is C26H34N6O6. The normalized spacial score (nSPS) is 17.6. The first-order valence-corrected chi connectivity index (χ1v) is 13.0. The van der Waals surface area contributed by atoms with E-state index < -0.39 is 18.4 Å². The Bertz CT molecular complexity index is 1210. The van der Waals surface area contributed by atoms with Crippen LogP contribution in [0.2, 0.25) is 0 Å². The first-order chi connectivity index (χ1) is 18.4. The van der Waals surface area contributed by atoms with Gasteiger partial charge in [0.1, 0.15) is 30.4 Å². The summed E-state index contributed by atoms with van der Waals surface area (Å²) in [7, 11) is 0. The third-order valence-electron chi connectivity index (χ3n) is 6.20. The highest BCUT2D eigenvalue weighted by Crippen LogP contribution is 2.22. The maximum atomic E-state index is 12.2. The van der Waals surface area contributed by atoms with Crippen molar-refractivity contribution in [1.29, 1.82) is 0 Å². The van der Waals surface area contributed by atoms with E-state index >= 15 is 0 Å². The quantitative estimate of drug-likeness (QED) is 0.260. The molecule has 1 amide bonds. The van der Waals surface area contributed by atoms with Crippen molar-refractivity contribution in [3.63, 3.8) is 0 Å². The van der Waals surface area contributed by atoms with E-state index in [1.54, 1.807) is 6.33 Å². The second-order valence-corrected chi connectivity index (χ2v) is 9.25. The number of fused-ring (bicyclic) bond motifs is 1. The van der Waals surface area contributed by atoms with Crippen molar-refractivity contribution in [3.8, 4) is 5.88 Å². The molecule has 0 spiro atoms. The van der Waals surface area contributed by atoms with E-state index in [4.69, 9.17) is 9.57 Å². The Hall–Kier alpha value is -3.61. The molecule has 38 heavy (non-hydrogen) atoms. The topological polar surface area (TPSA) is 163 Å². The molecule has 12 nitrogen and oxygen atoms in total. The molecule has 1 aromatic carbocycles. The highest BCUT2D eigenvalue weighted by atomic mass is 16.7. The number of benzene rings is 1. The lowest BCUT2D eigenvalue weighted by Gasteiger charge is -2.21. The lowest BCUT2D eigenvalue weighted by molar-refractivity contribution is -0.261. The van der Waals surface area contributed by atoms with Gasteiger partial charge in [0.05, 0.1) is 6.33 Å². The average Bonchev–Trinajstić information content (AvgIpc) is 3.52. The number of hydrogen-bond donors (Lipinski definition) is 4. The van der Waals surface area contributed by atoms with Crippen molar-refractivity contribution in [2.24, 2.45) is 0 Å². The number of aliphatic hydroxyl groups is 2. The Morgan fingerprint density at radius 3 is 2.55 bits per heavy atom. The number of aliphatic hydroxyl groups excluding tert-OH is 2. The van der Waals surface area contributed by atoms with E-state index in [0.29, 0.717) is 55.3 Å². The smallest absolute Gasteiger partial charge is 0.325 e. The van der Waals surface area contributed by atoms with Gasteiger partial charge in [0, 0.05) is 25.8 Å². The van der Waals surface area contributed by atoms with Crippen LogP contribution in [0, 0.1) is 0 Å². The Kier molecular flexibility index (Phi) is 9.57. The molecule has 2 unspecified atom stereocenters. The van der Waals surface area contributed by atoms with Crippen molar-refractivity contribution in [1.82, 2.24) is 30.3 Å². The van der Waals surface area contributed by atoms with Crippen LogP contribution in [0.1, 0.15) is 68.8 Å². The zero-order chi connectivity index (χ0) is 26.9. The number of H-pyrrole nitrogens is 1. The summed E-state index contributed by atoms with van der Waals surface area (Å²) < 4.78 is 5.98. The first-order valence-electron chi connectivity index (χ1n) is 13.0. The highest BCUT2D eigenvalue weighted by molar-refractivity contribution is 5.77. The van der Waals surface area contributed by atoms with E-state index in [1.807, 2.05) is 24.3 Å². The first kappa shape index (κ1) is 27.4. The maximum Gasteiger partial charge on any atom is 0.325 e. The molecule has 2 atom stereocenters. The van der Waals surface area contributed by atoms with Gasteiger partial charge in [0.25, 0.3) is 0 Å². The van der Waals surface area contributed by atoms with Gasteiger partial charge >= 0.3 is 5.97 Å². The number of ether oxygens (including phenoxy) is 1. The lowest BCUT2D eigenvalue weighted by Crippen LogP contribution is -2.37. The minimum absolute atomic E-state index is 0.00927. The van der Waals surface area contributed by atoms with Crippen LogP contribution >= 0.6 is 0 Å². The van der Waals surface area contributed by atoms with Crippen LogP contribution in [0.4, 0.5) is 0 Å². The van der Waals surface area contributed by atoms with Gasteiger partial charge < -0.3 is 30.1 Å². The van der Waals surface area contributed by atoms with Crippen LogP contribution in [0.5, 0.6) is 5.88 Å². The summed E-state index contributed by atoms with van der Waals surface area (Å²) in [5.41, 5.74) is 3.14. The van der Waals surface area contributed by atoms with Gasteiger partial charge in [0.15, 0.2) is 5.65 Å². The minimum Gasteiger partial charge on any atom is -0.471 e. The van der Waals surface area contributed by atoms with E-state index in [2.05, 4.69) is 32.2 Å². The Morgan fingerprint density at radius 1 is 1.08 bits per heavy atom. The maximum absolute atomic E-state index is 12.2. The highest BCUT2D eigenvalue weighted by Gasteiger charge is 2.34. The number of aromatic nitrogens is 4. The van der Waals surface area contributed by atoms with Gasteiger partial charge in [0.2, 0.25) is 11.8 Å². The van der Waals surface area contributed by atoms with Gasteiger partial charge in [-0.05, 0) is 36.8 Å². The minimum atomic E-state index is -1.00. The van der Waals surface area contributed by atoms with E-state index in [0.717, 1.165) is 35.5 Å². The molecule has 0 radical (unpaired) electrons. The molecular weight excluding hydrogens is 492 g/mol. The third kappa shape index (κ3) is 7.46. The Balaban J connectivity index is 1.18. The SMILES string of the molecule is CCCCc1nc(OCc2ccc(CNC(=O)CCCC(=O)ON3C(O)CCC3O)cc2)c2[nH]cnc2n1. The zero-order valence-electron chi connectivity index (χ0n) is 21.4. The summed E-state index contributed by atoms with van der Waals surface area (Å²) in [6.07, 6.45) is 3.53. The van der Waals surface area contributed by atoms with Crippen molar-refractivity contribution < 1.29 is 29.4 Å². The van der Waals surface area contributed by atoms with Gasteiger partial charge in [-0.3, -0.25) is 9.59 Å². The standard InChI is InChI=1S/C26H34N6O6/c1-2-3-5-19-30-25-24(28-16-29-25)26(31-19)37-15-18-10-8-17(9-11-18)14-27-20(33)6-4-7-23(36)38-32-21(34)12-13-22(32)35/h8-11,16,21-22,34-35H,2-7,12-15H2,1H3,(H,27,33)(H,28,29,30,31). The fraction of sp³-hybridized carbons (Fsp3) is 0.500. The van der Waals surface area contributed by atoms with Crippen LogP contribution in [0.25, 0.3) is 11.2 Å². The van der Waals surface area contributed by atoms with Crippen molar-refractivity contribution in [3.05, 3.63) is 47.5 Å². The van der Waals surface area contributed by atoms with Gasteiger partial charge in [-0.2, -0.15) is 4.98 Å². The monoisotopic (exact) mass is 526 g/mol. The summed E-state index contributed by atoms with van der Waals surface area (Å²) >= 11 is 0. The number of amides is 1. The molecule has 1 saturated heterocycles. The second-order valence-electron chi connectivity index (χ2n) is 9.25. The molecule has 4 rings (SSSR count). The number of carbonyl (C=O) groups excluding carboxylic acids is 2. The summed E-state index contributed by atoms with van der Waals surface area (Å²) in [6.45, 7) is 2.81. The summed E-state index contributed by atoms with van der Waals surface area (Å²) in [4.78, 5) is 45.3. The number of nitrogens with one attached hydrogen (secondary N) is 2. The summed E-state index contributed by atoms with van der Waals surface area (Å²) in [5.74, 6) is 0.418. The average molecular weight is 527 g/mol. The molecule has 1 aliphatic heterocycles. The van der Waals surface area contributed by atoms with Crippen molar-refractivity contribution in [2.45, 2.75) is 83.9 Å². The predicted octanol–water partition coefficient (Wildman–Crippen LogP) is 2.25. The molecule has 1 aliphatic rings. The number of hydroxylamine groups is 2. The van der Waals surface area contributed by atoms with Crippen LogP contribution in [-0.4, -0.2) is 59.5 Å². The number of nitrogens with zero attached hydrogens (tertiary/aromatic N) is 4. The number of hydrogen-bond acceptors (Lipinski definition) is 10. The molecule has 0 bridgehead atoms. The number of unbranched alkanes of at least 4 members (excludes halogenated alkanes) is 1. The van der Waals surface area contributed by atoms with Gasteiger partial charge in [-0.25, -0.2) is 9.97 Å². The predicted molar refractivity (Wildman–Crippen MR) is 136 cm³/mol. The van der Waals surface area contributed by atoms with E-state index in [9.17, 15) is 19.8 Å². The second kappa shape index (κ2) is 13.3. The van der Waals surface area contributed by atoms with Gasteiger partial charge in [-0.15, -0.1) is 0 Å². The molecule has 2 aromatic heterocycles. The van der Waals surface area contributed by atoms with E-state index in [1.165, 1.54) is 0 Å². The van der Waals surface area contributed by atoms with Gasteiger partial charge in [-0.1, -0.05) is 42.7 Å². The molecule has 3 aromatic rings. The number of rotatable bonds is 13. The third-order valence-corrected chi connectivity index (χ3v) is 6.20. The van der Waals surface area contributed by atoms with E-state index in [-0.39, 0.29) is 18.7 Å². The van der Waals surface area contributed by atoms with Crippen molar-refractivity contribution >= 4 is 23.0 Å². The molecule has 0 saturated carbocycles. The zero-order valence-corrected chi connectivity index (χ0v) is 21.4. The van der Waals surface area contributed by atoms with Crippen LogP contribution in [-0.2, 0) is 34.0 Å². The molecule has 12 heteroatoms. The van der Waals surface area contributed by atoms with Crippen molar-refractivity contribution in [2.75, 3.05) is 0 Å². The molecule has 3 heterocycles. The number of carbonyl (C=O) groups is 2. The molecule has 1 fully saturated rings. The fourth-order valence-corrected chi connectivity index (χ4v) is 4.02. The fourth-order valence-electron chi connectivity index (χ4n) is 4.02. The van der Waals surface area contributed by atoms with Crippen LogP contribution in [0.15, 0.2) is 30.6 Å². The Labute approximate surface area is 220 Å². The number of imidazole rings is 1. The summed E-state index contributed by atoms with van der Waals surface area (Å²) in [5, 5.41) is 23.1. The molecule has 0 aliphatic carbocycles. The largest absolute Gasteiger partial charge is 0.471 e. The van der Waals surface area contributed by atoms with Crippen LogP contribution in [0.3, 0.4) is 0 Å². The molecule has 204 valence electrons. The summed E-state index contributed by atoms with van der Waals surface area (Å²) in [6, 6.07) is 7.70. The number of aryl methyl sites for hydroxylation is 1.